The molecule has 1 aliphatic heterocycles. The van der Waals surface area contributed by atoms with Crippen LogP contribution in [0.4, 0.5) is 5.69 Å². The molecule has 1 aliphatic rings. The molecule has 0 aliphatic carbocycles. The van der Waals surface area contributed by atoms with Crippen LogP contribution in [0, 0.1) is 0 Å². The van der Waals surface area contributed by atoms with E-state index in [1.807, 2.05) is 30.3 Å². The van der Waals surface area contributed by atoms with Gasteiger partial charge in [0.1, 0.15) is 18.0 Å². The number of rotatable bonds is 8. The predicted molar refractivity (Wildman–Crippen MR) is 122 cm³/mol. The molecule has 9 nitrogen and oxygen atoms in total. The zero-order valence-electron chi connectivity index (χ0n) is 18.3. The molecule has 0 aromatic heterocycles. The van der Waals surface area contributed by atoms with E-state index in [0.29, 0.717) is 34.2 Å². The Hall–Kier alpha value is -4.53. The highest BCUT2D eigenvalue weighted by atomic mass is 16.7. The second-order valence-electron chi connectivity index (χ2n) is 7.31. The first kappa shape index (κ1) is 22.7. The fraction of sp³-hybridized carbons (Fsp3) is 0.160. The number of ether oxygens (including phenoxy) is 4. The number of hydrogen-bond donors (Lipinski definition) is 2. The third-order valence-electron chi connectivity index (χ3n) is 4.81. The minimum absolute atomic E-state index is 0.0955. The molecule has 2 N–H and O–H groups in total. The van der Waals surface area contributed by atoms with E-state index in [2.05, 4.69) is 10.6 Å². The normalized spacial score (nSPS) is 12.4. The van der Waals surface area contributed by atoms with E-state index < -0.39 is 30.4 Å². The minimum atomic E-state index is -1.06. The lowest BCUT2D eigenvalue weighted by atomic mass is 10.2. The van der Waals surface area contributed by atoms with Crippen molar-refractivity contribution in [3.8, 4) is 23.0 Å². The molecule has 0 fully saturated rings. The number of fused-ring (bicyclic) bond motifs is 1. The molecule has 0 radical (unpaired) electrons. The average molecular weight is 462 g/mol. The molecule has 2 amide bonds. The van der Waals surface area contributed by atoms with Gasteiger partial charge < -0.3 is 29.6 Å². The Labute approximate surface area is 195 Å². The van der Waals surface area contributed by atoms with Gasteiger partial charge in [0.15, 0.2) is 17.6 Å². The number of esters is 1. The summed E-state index contributed by atoms with van der Waals surface area (Å²) in [4.78, 5) is 36.7. The lowest BCUT2D eigenvalue weighted by molar-refractivity contribution is -0.152. The zero-order chi connectivity index (χ0) is 23.9. The van der Waals surface area contributed by atoms with Gasteiger partial charge in [-0.2, -0.15) is 0 Å². The third kappa shape index (κ3) is 5.83. The second kappa shape index (κ2) is 10.4. The van der Waals surface area contributed by atoms with Crippen LogP contribution in [0.15, 0.2) is 72.8 Å². The molecule has 0 bridgehead atoms. The molecule has 34 heavy (non-hydrogen) atoms. The highest BCUT2D eigenvalue weighted by Gasteiger charge is 2.20. The largest absolute Gasteiger partial charge is 0.457 e. The highest BCUT2D eigenvalue weighted by Crippen LogP contribution is 2.32. The van der Waals surface area contributed by atoms with Crippen molar-refractivity contribution >= 4 is 23.5 Å². The second-order valence-corrected chi connectivity index (χ2v) is 7.31. The first-order valence-corrected chi connectivity index (χ1v) is 10.5. The number of nitrogens with one attached hydrogen (secondary N) is 2. The van der Waals surface area contributed by atoms with Crippen molar-refractivity contribution in [2.24, 2.45) is 0 Å². The molecule has 174 valence electrons. The monoisotopic (exact) mass is 462 g/mol. The highest BCUT2D eigenvalue weighted by molar-refractivity contribution is 5.97. The predicted octanol–water partition coefficient (Wildman–Crippen LogP) is 3.51. The minimum Gasteiger partial charge on any atom is -0.457 e. The van der Waals surface area contributed by atoms with Gasteiger partial charge in [-0.15, -0.1) is 0 Å². The summed E-state index contributed by atoms with van der Waals surface area (Å²) in [6, 6.07) is 20.8. The molecular weight excluding hydrogens is 440 g/mol. The van der Waals surface area contributed by atoms with Crippen LogP contribution in [0.5, 0.6) is 23.0 Å². The standard InChI is InChI=1S/C25H22N2O7/c1-16(24(29)27-18-8-10-20(11-9-18)34-19-5-3-2-4-6-19)33-23(28)14-26-25(30)17-7-12-21-22(13-17)32-15-31-21/h2-13,16H,14-15H2,1H3,(H,26,30)(H,27,29). The fourth-order valence-corrected chi connectivity index (χ4v) is 3.06. The van der Waals surface area contributed by atoms with Crippen molar-refractivity contribution in [2.75, 3.05) is 18.7 Å². The Bertz CT molecular complexity index is 1180. The SMILES string of the molecule is CC(OC(=O)CNC(=O)c1ccc2c(c1)OCO2)C(=O)Nc1ccc(Oc2ccccc2)cc1. The molecule has 3 aromatic carbocycles. The van der Waals surface area contributed by atoms with Crippen molar-refractivity contribution in [1.29, 1.82) is 0 Å². The van der Waals surface area contributed by atoms with Gasteiger partial charge in [0.05, 0.1) is 0 Å². The van der Waals surface area contributed by atoms with Gasteiger partial charge >= 0.3 is 5.97 Å². The lowest BCUT2D eigenvalue weighted by Gasteiger charge is -2.14. The Kier molecular flexibility index (Phi) is 6.92. The van der Waals surface area contributed by atoms with Gasteiger partial charge in [-0.05, 0) is 61.5 Å². The Morgan fingerprint density at radius 3 is 2.38 bits per heavy atom. The zero-order valence-corrected chi connectivity index (χ0v) is 18.3. The number of carbonyl (C=O) groups excluding carboxylic acids is 3. The summed E-state index contributed by atoms with van der Waals surface area (Å²) >= 11 is 0. The van der Waals surface area contributed by atoms with Crippen LogP contribution < -0.4 is 24.8 Å². The third-order valence-corrected chi connectivity index (χ3v) is 4.81. The molecule has 0 saturated carbocycles. The van der Waals surface area contributed by atoms with Gasteiger partial charge in [-0.1, -0.05) is 18.2 Å². The van der Waals surface area contributed by atoms with Crippen LogP contribution in [0.2, 0.25) is 0 Å². The quantitative estimate of drug-likeness (QED) is 0.493. The summed E-state index contributed by atoms with van der Waals surface area (Å²) in [5, 5.41) is 5.12. The van der Waals surface area contributed by atoms with Gasteiger partial charge in [0.2, 0.25) is 6.79 Å². The molecule has 9 heteroatoms. The molecule has 0 saturated heterocycles. The molecule has 0 spiro atoms. The molecule has 3 aromatic rings. The van der Waals surface area contributed by atoms with Gasteiger partial charge in [-0.3, -0.25) is 14.4 Å². The van der Waals surface area contributed by atoms with E-state index >= 15 is 0 Å². The van der Waals surface area contributed by atoms with Crippen molar-refractivity contribution in [1.82, 2.24) is 5.32 Å². The van der Waals surface area contributed by atoms with Crippen LogP contribution >= 0.6 is 0 Å². The van der Waals surface area contributed by atoms with E-state index in [1.54, 1.807) is 36.4 Å². The number of hydrogen-bond acceptors (Lipinski definition) is 7. The van der Waals surface area contributed by atoms with E-state index in [9.17, 15) is 14.4 Å². The first-order chi connectivity index (χ1) is 16.5. The summed E-state index contributed by atoms with van der Waals surface area (Å²) in [5.41, 5.74) is 0.826. The van der Waals surface area contributed by atoms with E-state index in [1.165, 1.54) is 13.0 Å². The van der Waals surface area contributed by atoms with Crippen molar-refractivity contribution in [3.05, 3.63) is 78.4 Å². The molecule has 1 atom stereocenters. The average Bonchev–Trinajstić information content (AvgIpc) is 3.32. The number of carbonyl (C=O) groups is 3. The molecule has 1 heterocycles. The summed E-state index contributed by atoms with van der Waals surface area (Å²) in [6.07, 6.45) is -1.06. The summed E-state index contributed by atoms with van der Waals surface area (Å²) in [5.74, 6) is 0.586. The van der Waals surface area contributed by atoms with Crippen molar-refractivity contribution in [2.45, 2.75) is 13.0 Å². The maximum atomic E-state index is 12.4. The van der Waals surface area contributed by atoms with E-state index in [-0.39, 0.29) is 6.79 Å². The lowest BCUT2D eigenvalue weighted by Crippen LogP contribution is -2.35. The summed E-state index contributed by atoms with van der Waals surface area (Å²) in [6.45, 7) is 1.15. The van der Waals surface area contributed by atoms with Crippen LogP contribution in [0.25, 0.3) is 0 Å². The number of anilines is 1. The fourth-order valence-electron chi connectivity index (χ4n) is 3.06. The maximum absolute atomic E-state index is 12.4. The topological polar surface area (TPSA) is 112 Å². The van der Waals surface area contributed by atoms with Gasteiger partial charge in [0.25, 0.3) is 11.8 Å². The number of benzene rings is 3. The van der Waals surface area contributed by atoms with Crippen molar-refractivity contribution < 1.29 is 33.3 Å². The van der Waals surface area contributed by atoms with Crippen LogP contribution in [-0.2, 0) is 14.3 Å². The molecular formula is C25H22N2O7. The van der Waals surface area contributed by atoms with Gasteiger partial charge in [0, 0.05) is 11.3 Å². The molecule has 1 unspecified atom stereocenters. The van der Waals surface area contributed by atoms with Crippen LogP contribution in [0.1, 0.15) is 17.3 Å². The Balaban J connectivity index is 1.22. The Morgan fingerprint density at radius 1 is 0.912 bits per heavy atom. The number of amides is 2. The van der Waals surface area contributed by atoms with E-state index in [0.717, 1.165) is 0 Å². The summed E-state index contributed by atoms with van der Waals surface area (Å²) < 4.78 is 21.2. The smallest absolute Gasteiger partial charge is 0.326 e. The molecule has 4 rings (SSSR count). The van der Waals surface area contributed by atoms with Crippen LogP contribution in [0.3, 0.4) is 0 Å². The van der Waals surface area contributed by atoms with Crippen LogP contribution in [-0.4, -0.2) is 37.2 Å². The summed E-state index contributed by atoms with van der Waals surface area (Å²) in [7, 11) is 0. The maximum Gasteiger partial charge on any atom is 0.326 e. The Morgan fingerprint density at radius 2 is 1.62 bits per heavy atom. The number of para-hydroxylation sites is 1. The van der Waals surface area contributed by atoms with E-state index in [4.69, 9.17) is 18.9 Å². The van der Waals surface area contributed by atoms with Gasteiger partial charge in [-0.25, -0.2) is 0 Å². The van der Waals surface area contributed by atoms with Crippen molar-refractivity contribution in [3.63, 3.8) is 0 Å². The first-order valence-electron chi connectivity index (χ1n) is 10.5.